The number of carbonyl (C=O) groups is 2. The molecule has 2 aliphatic heterocycles. The van der Waals surface area contributed by atoms with Gasteiger partial charge in [-0.15, -0.1) is 0 Å². The van der Waals surface area contributed by atoms with E-state index < -0.39 is 0 Å². The van der Waals surface area contributed by atoms with Gasteiger partial charge in [-0.05, 0) is 69.4 Å². The Morgan fingerprint density at radius 2 is 1.86 bits per heavy atom. The molecule has 2 aliphatic rings. The molecular weight excluding hydrogens is 588 g/mol. The van der Waals surface area contributed by atoms with Gasteiger partial charge in [0.25, 0.3) is 11.5 Å². The molecule has 12 heteroatoms. The summed E-state index contributed by atoms with van der Waals surface area (Å²) in [6.07, 6.45) is 3.46. The van der Waals surface area contributed by atoms with E-state index in [1.807, 2.05) is 25.1 Å². The fourth-order valence-corrected chi connectivity index (χ4v) is 6.76. The van der Waals surface area contributed by atoms with Crippen LogP contribution in [0.3, 0.4) is 0 Å². The number of piperidine rings is 1. The summed E-state index contributed by atoms with van der Waals surface area (Å²) in [5.41, 5.74) is 1.78. The zero-order chi connectivity index (χ0) is 31.3. The molecular formula is C31H36N4O6S2. The molecule has 0 atom stereocenters. The summed E-state index contributed by atoms with van der Waals surface area (Å²) in [5.74, 6) is 1.24. The second kappa shape index (κ2) is 14.1. The van der Waals surface area contributed by atoms with Crippen LogP contribution in [0.15, 0.2) is 27.9 Å². The predicted molar refractivity (Wildman–Crippen MR) is 171 cm³/mol. The fraction of sp³-hybridized carbons (Fsp3) is 0.452. The molecule has 10 nitrogen and oxygen atoms in total. The molecule has 43 heavy (non-hydrogen) atoms. The SMILES string of the molecule is CCOC(=O)C1CCN(c2c(/C=C3\SC(=S)N(CCc4ccc(OC)c(OC)c4)C3=O)c(C)c(C#N)c(=O)n2CC)CC1. The van der Waals surface area contributed by atoms with Gasteiger partial charge in [-0.2, -0.15) is 5.26 Å². The van der Waals surface area contributed by atoms with Crippen LogP contribution in [0.5, 0.6) is 11.5 Å². The lowest BCUT2D eigenvalue weighted by molar-refractivity contribution is -0.148. The van der Waals surface area contributed by atoms with E-state index in [1.54, 1.807) is 43.6 Å². The average molecular weight is 625 g/mol. The van der Waals surface area contributed by atoms with E-state index in [0.29, 0.717) is 89.7 Å². The van der Waals surface area contributed by atoms with Crippen molar-refractivity contribution in [1.29, 1.82) is 5.26 Å². The summed E-state index contributed by atoms with van der Waals surface area (Å²) in [7, 11) is 3.15. The Morgan fingerprint density at radius 3 is 2.47 bits per heavy atom. The zero-order valence-electron chi connectivity index (χ0n) is 25.1. The lowest BCUT2D eigenvalue weighted by atomic mass is 9.95. The molecule has 1 aromatic heterocycles. The lowest BCUT2D eigenvalue weighted by Crippen LogP contribution is -2.41. The van der Waals surface area contributed by atoms with Gasteiger partial charge in [0.2, 0.25) is 0 Å². The second-order valence-corrected chi connectivity index (χ2v) is 11.9. The lowest BCUT2D eigenvalue weighted by Gasteiger charge is -2.35. The Balaban J connectivity index is 1.65. The van der Waals surface area contributed by atoms with E-state index in [1.165, 1.54) is 11.8 Å². The largest absolute Gasteiger partial charge is 0.493 e. The van der Waals surface area contributed by atoms with E-state index in [-0.39, 0.29) is 28.9 Å². The van der Waals surface area contributed by atoms with E-state index in [4.69, 9.17) is 26.4 Å². The molecule has 0 spiro atoms. The molecule has 2 aromatic rings. The number of amides is 1. The van der Waals surface area contributed by atoms with E-state index >= 15 is 0 Å². The standard InChI is InChI=1S/C31H36N4O6S2/c1-6-34-27(33-13-11-21(12-14-33)30(38)41-7-2)22(19(3)23(18-32)28(34)36)17-26-29(37)35(31(42)43-26)15-10-20-8-9-24(39-4)25(16-20)40-5/h8-9,16-17,21H,6-7,10-15H2,1-5H3/b26-17-. The molecule has 0 unspecified atom stereocenters. The van der Waals surface area contributed by atoms with Crippen molar-refractivity contribution in [3.63, 3.8) is 0 Å². The van der Waals surface area contributed by atoms with Gasteiger partial charge in [-0.1, -0.05) is 30.0 Å². The van der Waals surface area contributed by atoms with Crippen LogP contribution in [0, 0.1) is 24.2 Å². The highest BCUT2D eigenvalue weighted by Gasteiger charge is 2.34. The summed E-state index contributed by atoms with van der Waals surface area (Å²) in [4.78, 5) is 43.4. The number of ether oxygens (including phenoxy) is 3. The van der Waals surface area contributed by atoms with E-state index in [0.717, 1.165) is 5.56 Å². The number of aromatic nitrogens is 1. The molecule has 3 heterocycles. The average Bonchev–Trinajstić information content (AvgIpc) is 3.28. The third-order valence-electron chi connectivity index (χ3n) is 7.80. The van der Waals surface area contributed by atoms with Crippen LogP contribution in [0.2, 0.25) is 0 Å². The molecule has 0 N–H and O–H groups in total. The van der Waals surface area contributed by atoms with E-state index in [9.17, 15) is 19.6 Å². The maximum Gasteiger partial charge on any atom is 0.309 e. The van der Waals surface area contributed by atoms with E-state index in [2.05, 4.69) is 11.0 Å². The molecule has 1 aromatic carbocycles. The number of nitrogens with zero attached hydrogens (tertiary/aromatic N) is 4. The topological polar surface area (TPSA) is 114 Å². The first-order valence-electron chi connectivity index (χ1n) is 14.2. The van der Waals surface area contributed by atoms with Crippen LogP contribution < -0.4 is 19.9 Å². The number of thiocarbonyl (C=S) groups is 1. The fourth-order valence-electron chi connectivity index (χ4n) is 5.47. The molecule has 4 rings (SSSR count). The first-order chi connectivity index (χ1) is 20.7. The highest BCUT2D eigenvalue weighted by molar-refractivity contribution is 8.26. The molecule has 0 aliphatic carbocycles. The minimum Gasteiger partial charge on any atom is -0.493 e. The number of hydrogen-bond acceptors (Lipinski definition) is 10. The first-order valence-corrected chi connectivity index (χ1v) is 15.5. The van der Waals surface area contributed by atoms with Gasteiger partial charge in [-0.3, -0.25) is 23.9 Å². The number of methoxy groups -OCH3 is 2. The number of pyridine rings is 1. The Bertz CT molecular complexity index is 1550. The molecule has 2 fully saturated rings. The summed E-state index contributed by atoms with van der Waals surface area (Å²) in [6, 6.07) is 7.70. The van der Waals surface area contributed by atoms with Gasteiger partial charge < -0.3 is 19.1 Å². The predicted octanol–water partition coefficient (Wildman–Crippen LogP) is 4.29. The minimum absolute atomic E-state index is 0.0437. The highest BCUT2D eigenvalue weighted by atomic mass is 32.2. The quantitative estimate of drug-likeness (QED) is 0.216. The van der Waals surface area contributed by atoms with Crippen LogP contribution in [0.4, 0.5) is 5.82 Å². The van der Waals surface area contributed by atoms with Crippen molar-refractivity contribution in [2.75, 3.05) is 45.4 Å². The Hall–Kier alpha value is -3.82. The van der Waals surface area contributed by atoms with Crippen molar-refractivity contribution >= 4 is 52.1 Å². The van der Waals surface area contributed by atoms with Crippen LogP contribution in [-0.4, -0.2) is 66.1 Å². The minimum atomic E-state index is -0.371. The van der Waals surface area contributed by atoms with Crippen molar-refractivity contribution in [3.8, 4) is 17.6 Å². The number of thioether (sulfide) groups is 1. The zero-order valence-corrected chi connectivity index (χ0v) is 26.7. The number of esters is 1. The van der Waals surface area contributed by atoms with Gasteiger partial charge in [0.15, 0.2) is 11.5 Å². The van der Waals surface area contributed by atoms with Crippen molar-refractivity contribution in [2.45, 2.75) is 46.6 Å². The van der Waals surface area contributed by atoms with Crippen molar-refractivity contribution < 1.29 is 23.8 Å². The Morgan fingerprint density at radius 1 is 1.16 bits per heavy atom. The number of rotatable bonds is 10. The Kier molecular flexibility index (Phi) is 10.5. The van der Waals surface area contributed by atoms with Crippen molar-refractivity contribution in [1.82, 2.24) is 9.47 Å². The number of carbonyl (C=O) groups excluding carboxylic acids is 2. The second-order valence-electron chi connectivity index (χ2n) is 10.2. The van der Waals surface area contributed by atoms with Gasteiger partial charge >= 0.3 is 5.97 Å². The van der Waals surface area contributed by atoms with Crippen LogP contribution in [-0.2, 0) is 27.3 Å². The third-order valence-corrected chi connectivity index (χ3v) is 9.18. The van der Waals surface area contributed by atoms with Crippen LogP contribution in [0.1, 0.15) is 48.9 Å². The molecule has 0 radical (unpaired) electrons. The van der Waals surface area contributed by atoms with Gasteiger partial charge in [0, 0.05) is 31.7 Å². The number of hydrogen-bond donors (Lipinski definition) is 0. The van der Waals surface area contributed by atoms with Gasteiger partial charge in [0.05, 0.1) is 31.6 Å². The molecule has 0 bridgehead atoms. The maximum atomic E-state index is 13.6. The molecule has 1 amide bonds. The number of anilines is 1. The maximum absolute atomic E-state index is 13.6. The molecule has 0 saturated carbocycles. The van der Waals surface area contributed by atoms with Gasteiger partial charge in [0.1, 0.15) is 21.8 Å². The van der Waals surface area contributed by atoms with Crippen LogP contribution in [0.25, 0.3) is 6.08 Å². The summed E-state index contributed by atoms with van der Waals surface area (Å²) in [6.45, 7) is 7.49. The summed E-state index contributed by atoms with van der Waals surface area (Å²) >= 11 is 6.81. The molecule has 2 saturated heterocycles. The van der Waals surface area contributed by atoms with Gasteiger partial charge in [-0.25, -0.2) is 0 Å². The highest BCUT2D eigenvalue weighted by Crippen LogP contribution is 2.37. The van der Waals surface area contributed by atoms with Crippen LogP contribution >= 0.6 is 24.0 Å². The summed E-state index contributed by atoms with van der Waals surface area (Å²) < 4.78 is 18.0. The monoisotopic (exact) mass is 624 g/mol. The smallest absolute Gasteiger partial charge is 0.309 e. The number of nitriles is 1. The summed E-state index contributed by atoms with van der Waals surface area (Å²) in [5, 5.41) is 9.87. The number of benzene rings is 1. The first kappa shape index (κ1) is 32.1. The van der Waals surface area contributed by atoms with Crippen molar-refractivity contribution in [2.24, 2.45) is 5.92 Å². The normalized spacial score (nSPS) is 16.5. The third kappa shape index (κ3) is 6.58. The van der Waals surface area contributed by atoms with Crippen molar-refractivity contribution in [3.05, 3.63) is 55.7 Å². The Labute approximate surface area is 261 Å². The molecule has 228 valence electrons.